The fourth-order valence-electron chi connectivity index (χ4n) is 1.19. The Hall–Kier alpha value is -1.51. The molecule has 0 atom stereocenters. The minimum absolute atomic E-state index is 0.166. The number of benzene rings is 1. The van der Waals surface area contributed by atoms with Crippen molar-refractivity contribution in [3.63, 3.8) is 0 Å². The zero-order chi connectivity index (χ0) is 9.97. The van der Waals surface area contributed by atoms with Crippen molar-refractivity contribution in [3.05, 3.63) is 29.8 Å². The van der Waals surface area contributed by atoms with Gasteiger partial charge in [0.1, 0.15) is 11.9 Å². The van der Waals surface area contributed by atoms with Gasteiger partial charge in [0, 0.05) is 0 Å². The third-order valence-corrected chi connectivity index (χ3v) is 2.11. The van der Waals surface area contributed by atoms with E-state index in [-0.39, 0.29) is 24.2 Å². The number of phenolic OH excluding ortho intramolecular Hbond substituents is 1. The molecule has 1 aromatic rings. The first-order valence-electron chi connectivity index (χ1n) is 4.71. The predicted molar refractivity (Wildman–Crippen MR) is 50.9 cm³/mol. The maximum absolute atomic E-state index is 11.3. The Balaban J connectivity index is 1.89. The maximum Gasteiger partial charge on any atom is 0.310 e. The number of phenols is 1. The van der Waals surface area contributed by atoms with E-state index in [0.29, 0.717) is 0 Å². The van der Waals surface area contributed by atoms with E-state index in [1.54, 1.807) is 24.3 Å². The molecule has 0 heterocycles. The van der Waals surface area contributed by atoms with Gasteiger partial charge in [-0.15, -0.1) is 0 Å². The largest absolute Gasteiger partial charge is 0.508 e. The highest BCUT2D eigenvalue weighted by atomic mass is 16.5. The third kappa shape index (κ3) is 2.49. The van der Waals surface area contributed by atoms with Crippen LogP contribution in [-0.4, -0.2) is 17.2 Å². The van der Waals surface area contributed by atoms with Gasteiger partial charge >= 0.3 is 5.97 Å². The van der Waals surface area contributed by atoms with Gasteiger partial charge in [0.25, 0.3) is 0 Å². The summed E-state index contributed by atoms with van der Waals surface area (Å²) in [5.41, 5.74) is 0.869. The normalized spacial score (nSPS) is 15.1. The average Bonchev–Trinajstić information content (AvgIpc) is 2.93. The fourth-order valence-corrected chi connectivity index (χ4v) is 1.19. The summed E-state index contributed by atoms with van der Waals surface area (Å²) in [6.07, 6.45) is 2.46. The fraction of sp³-hybridized carbons (Fsp3) is 0.364. The lowest BCUT2D eigenvalue weighted by atomic mass is 10.1. The zero-order valence-electron chi connectivity index (χ0n) is 7.77. The lowest BCUT2D eigenvalue weighted by Crippen LogP contribution is -2.08. The monoisotopic (exact) mass is 192 g/mol. The Bertz CT molecular complexity index is 325. The summed E-state index contributed by atoms with van der Waals surface area (Å²) >= 11 is 0. The minimum Gasteiger partial charge on any atom is -0.508 e. The van der Waals surface area contributed by atoms with Crippen molar-refractivity contribution in [2.45, 2.75) is 25.4 Å². The predicted octanol–water partition coefficient (Wildman–Crippen LogP) is 1.64. The highest BCUT2D eigenvalue weighted by molar-refractivity contribution is 5.73. The van der Waals surface area contributed by atoms with Crippen LogP contribution in [0.15, 0.2) is 24.3 Å². The molecule has 1 aliphatic rings. The second-order valence-corrected chi connectivity index (χ2v) is 3.53. The standard InChI is InChI=1S/C11H12O3/c12-9-3-1-8(2-4-9)7-11(13)14-10-5-6-10/h1-4,10,12H,5-7H2. The molecule has 1 fully saturated rings. The second-order valence-electron chi connectivity index (χ2n) is 3.53. The molecule has 2 rings (SSSR count). The minimum atomic E-state index is -0.182. The van der Waals surface area contributed by atoms with Gasteiger partial charge in [0.2, 0.25) is 0 Å². The van der Waals surface area contributed by atoms with Gasteiger partial charge in [0.15, 0.2) is 0 Å². The van der Waals surface area contributed by atoms with Crippen molar-refractivity contribution in [1.82, 2.24) is 0 Å². The molecule has 0 amide bonds. The molecule has 1 aliphatic carbocycles. The van der Waals surface area contributed by atoms with Crippen LogP contribution < -0.4 is 0 Å². The molecule has 14 heavy (non-hydrogen) atoms. The zero-order valence-corrected chi connectivity index (χ0v) is 7.77. The lowest BCUT2D eigenvalue weighted by Gasteiger charge is -2.02. The number of carbonyl (C=O) groups excluding carboxylic acids is 1. The summed E-state index contributed by atoms with van der Waals surface area (Å²) in [5.74, 6) is 0.0301. The van der Waals surface area contributed by atoms with E-state index in [4.69, 9.17) is 9.84 Å². The molecule has 0 bridgehead atoms. The van der Waals surface area contributed by atoms with Crippen LogP contribution in [0.4, 0.5) is 0 Å². The van der Waals surface area contributed by atoms with Crippen LogP contribution in [0, 0.1) is 0 Å². The van der Waals surface area contributed by atoms with E-state index in [1.165, 1.54) is 0 Å². The van der Waals surface area contributed by atoms with Crippen LogP contribution in [-0.2, 0) is 16.0 Å². The number of hydrogen-bond donors (Lipinski definition) is 1. The first kappa shape index (κ1) is 9.06. The molecule has 0 spiro atoms. The van der Waals surface area contributed by atoms with Crippen LogP contribution in [0.5, 0.6) is 5.75 Å². The number of hydrogen-bond acceptors (Lipinski definition) is 3. The van der Waals surface area contributed by atoms with Gasteiger partial charge in [-0.25, -0.2) is 0 Å². The van der Waals surface area contributed by atoms with Crippen LogP contribution in [0.1, 0.15) is 18.4 Å². The van der Waals surface area contributed by atoms with Crippen molar-refractivity contribution in [3.8, 4) is 5.75 Å². The summed E-state index contributed by atoms with van der Waals surface area (Å²) in [4.78, 5) is 11.3. The Morgan fingerprint density at radius 3 is 2.57 bits per heavy atom. The molecule has 3 heteroatoms. The highest BCUT2D eigenvalue weighted by Crippen LogP contribution is 2.24. The van der Waals surface area contributed by atoms with Crippen LogP contribution in [0.3, 0.4) is 0 Å². The lowest BCUT2D eigenvalue weighted by molar-refractivity contribution is -0.144. The number of rotatable bonds is 3. The van der Waals surface area contributed by atoms with Crippen LogP contribution >= 0.6 is 0 Å². The quantitative estimate of drug-likeness (QED) is 0.740. The highest BCUT2D eigenvalue weighted by Gasteiger charge is 2.25. The Morgan fingerprint density at radius 2 is 2.00 bits per heavy atom. The van der Waals surface area contributed by atoms with Crippen LogP contribution in [0.25, 0.3) is 0 Å². The molecule has 1 saturated carbocycles. The first-order valence-corrected chi connectivity index (χ1v) is 4.71. The van der Waals surface area contributed by atoms with Gasteiger partial charge < -0.3 is 9.84 Å². The van der Waals surface area contributed by atoms with Crippen molar-refractivity contribution >= 4 is 5.97 Å². The molecular formula is C11H12O3. The SMILES string of the molecule is O=C(Cc1ccc(O)cc1)OC1CC1. The van der Waals surface area contributed by atoms with Gasteiger partial charge in [-0.1, -0.05) is 12.1 Å². The molecule has 0 unspecified atom stereocenters. The smallest absolute Gasteiger partial charge is 0.310 e. The van der Waals surface area contributed by atoms with Crippen molar-refractivity contribution in [2.24, 2.45) is 0 Å². The van der Waals surface area contributed by atoms with Gasteiger partial charge in [-0.05, 0) is 30.5 Å². The molecule has 0 saturated heterocycles. The molecule has 1 aromatic carbocycles. The van der Waals surface area contributed by atoms with E-state index in [0.717, 1.165) is 18.4 Å². The molecule has 3 nitrogen and oxygen atoms in total. The molecule has 1 N–H and O–H groups in total. The van der Waals surface area contributed by atoms with Crippen LogP contribution in [0.2, 0.25) is 0 Å². The average molecular weight is 192 g/mol. The molecule has 74 valence electrons. The maximum atomic E-state index is 11.3. The Morgan fingerprint density at radius 1 is 1.36 bits per heavy atom. The van der Waals surface area contributed by atoms with Crippen molar-refractivity contribution in [1.29, 1.82) is 0 Å². The summed E-state index contributed by atoms with van der Waals surface area (Å²) in [6.45, 7) is 0. The summed E-state index contributed by atoms with van der Waals surface area (Å²) in [5, 5.41) is 9.03. The number of esters is 1. The van der Waals surface area contributed by atoms with Crippen molar-refractivity contribution in [2.75, 3.05) is 0 Å². The number of aromatic hydroxyl groups is 1. The van der Waals surface area contributed by atoms with Gasteiger partial charge in [-0.2, -0.15) is 0 Å². The molecule has 0 aliphatic heterocycles. The molecule has 0 aromatic heterocycles. The van der Waals surface area contributed by atoms with E-state index in [2.05, 4.69) is 0 Å². The van der Waals surface area contributed by atoms with Gasteiger partial charge in [0.05, 0.1) is 6.42 Å². The molecular weight excluding hydrogens is 180 g/mol. The third-order valence-electron chi connectivity index (χ3n) is 2.11. The Kier molecular flexibility index (Phi) is 2.39. The van der Waals surface area contributed by atoms with Gasteiger partial charge in [-0.3, -0.25) is 4.79 Å². The molecule has 0 radical (unpaired) electrons. The van der Waals surface area contributed by atoms with Crippen molar-refractivity contribution < 1.29 is 14.6 Å². The first-order chi connectivity index (χ1) is 6.74. The summed E-state index contributed by atoms with van der Waals surface area (Å²) in [6, 6.07) is 6.59. The second kappa shape index (κ2) is 3.70. The summed E-state index contributed by atoms with van der Waals surface area (Å²) in [7, 11) is 0. The number of ether oxygens (including phenoxy) is 1. The van der Waals surface area contributed by atoms with E-state index >= 15 is 0 Å². The number of carbonyl (C=O) groups is 1. The van der Waals surface area contributed by atoms with E-state index in [1.807, 2.05) is 0 Å². The Labute approximate surface area is 82.3 Å². The van der Waals surface area contributed by atoms with E-state index in [9.17, 15) is 4.79 Å². The topological polar surface area (TPSA) is 46.5 Å². The summed E-state index contributed by atoms with van der Waals surface area (Å²) < 4.78 is 5.09. The van der Waals surface area contributed by atoms with E-state index < -0.39 is 0 Å².